The van der Waals surface area contributed by atoms with Crippen molar-refractivity contribution >= 4 is 20.2 Å². The van der Waals surface area contributed by atoms with Gasteiger partial charge in [-0.2, -0.15) is 16.8 Å². The van der Waals surface area contributed by atoms with Gasteiger partial charge >= 0.3 is 0 Å². The summed E-state index contributed by atoms with van der Waals surface area (Å²) in [5.41, 5.74) is 0. The van der Waals surface area contributed by atoms with Crippen molar-refractivity contribution in [2.75, 3.05) is 14.2 Å². The van der Waals surface area contributed by atoms with Gasteiger partial charge < -0.3 is 9.47 Å². The lowest BCUT2D eigenvalue weighted by atomic mass is 10.3. The van der Waals surface area contributed by atoms with Crippen LogP contribution in [0, 0.1) is 0 Å². The van der Waals surface area contributed by atoms with Crippen LogP contribution in [-0.4, -0.2) is 40.2 Å². The van der Waals surface area contributed by atoms with E-state index in [-0.39, 0.29) is 5.75 Å². The molecule has 0 aliphatic rings. The Morgan fingerprint density at radius 2 is 1.38 bits per heavy atom. The molecule has 0 aromatic heterocycles. The van der Waals surface area contributed by atoms with Crippen LogP contribution in [0.5, 0.6) is 11.5 Å². The van der Waals surface area contributed by atoms with Crippen LogP contribution >= 0.6 is 0 Å². The molecule has 10 heteroatoms. The fourth-order valence-electron chi connectivity index (χ4n) is 1.58. The zero-order valence-electron chi connectivity index (χ0n) is 12.8. The van der Waals surface area contributed by atoms with Gasteiger partial charge in [0.15, 0.2) is 0 Å². The molecule has 2 N–H and O–H groups in total. The lowest BCUT2D eigenvalue weighted by Crippen LogP contribution is -2.05. The van der Waals surface area contributed by atoms with Crippen LogP contribution in [0.4, 0.5) is 0 Å². The van der Waals surface area contributed by atoms with Crippen molar-refractivity contribution in [1.29, 1.82) is 0 Å². The number of para-hydroxylation sites is 1. The third-order valence-electron chi connectivity index (χ3n) is 2.69. The first kappa shape index (κ1) is 19.9. The number of ether oxygens (including phenoxy) is 2. The van der Waals surface area contributed by atoms with E-state index in [4.69, 9.17) is 13.8 Å². The maximum absolute atomic E-state index is 10.9. The molecule has 132 valence electrons. The number of methoxy groups -OCH3 is 2. The van der Waals surface area contributed by atoms with Crippen molar-refractivity contribution in [3.05, 3.63) is 48.5 Å². The molecular weight excluding hydrogens is 360 g/mol. The Bertz CT molecular complexity index is 874. The van der Waals surface area contributed by atoms with Gasteiger partial charge in [0.2, 0.25) is 0 Å². The Labute approximate surface area is 140 Å². The molecule has 0 bridgehead atoms. The Kier molecular flexibility index (Phi) is 6.72. The molecule has 2 rings (SSSR count). The van der Waals surface area contributed by atoms with Crippen molar-refractivity contribution < 1.29 is 35.4 Å². The molecule has 0 atom stereocenters. The first-order valence-electron chi connectivity index (χ1n) is 6.31. The van der Waals surface area contributed by atoms with E-state index in [2.05, 4.69) is 4.74 Å². The second-order valence-electron chi connectivity index (χ2n) is 4.28. The van der Waals surface area contributed by atoms with Crippen molar-refractivity contribution in [2.24, 2.45) is 0 Å². The monoisotopic (exact) mass is 376 g/mol. The van der Waals surface area contributed by atoms with Crippen molar-refractivity contribution in [3.63, 3.8) is 0 Å². The van der Waals surface area contributed by atoms with E-state index in [0.29, 0.717) is 6.07 Å². The summed E-state index contributed by atoms with van der Waals surface area (Å²) in [5, 5.41) is 0. The minimum atomic E-state index is -4.63. The van der Waals surface area contributed by atoms with Crippen LogP contribution in [0.3, 0.4) is 0 Å². The van der Waals surface area contributed by atoms with Gasteiger partial charge in [-0.1, -0.05) is 18.2 Å². The molecule has 24 heavy (non-hydrogen) atoms. The molecule has 0 unspecified atom stereocenters. The predicted octanol–water partition coefficient (Wildman–Crippen LogP) is 1.88. The first-order chi connectivity index (χ1) is 11.1. The highest BCUT2D eigenvalue weighted by Crippen LogP contribution is 2.26. The van der Waals surface area contributed by atoms with E-state index in [9.17, 15) is 16.8 Å². The summed E-state index contributed by atoms with van der Waals surface area (Å²) in [5.74, 6) is 0.683. The summed E-state index contributed by atoms with van der Waals surface area (Å²) in [6, 6.07) is 12.2. The van der Waals surface area contributed by atoms with Crippen LogP contribution in [-0.2, 0) is 20.2 Å². The van der Waals surface area contributed by atoms with Crippen LogP contribution in [0.2, 0.25) is 0 Å². The van der Waals surface area contributed by atoms with Gasteiger partial charge in [0.25, 0.3) is 20.2 Å². The summed E-state index contributed by atoms with van der Waals surface area (Å²) in [7, 11) is -6.36. The Morgan fingerprint density at radius 1 is 0.792 bits per heavy atom. The molecule has 8 nitrogen and oxygen atoms in total. The third-order valence-corrected chi connectivity index (χ3v) is 4.41. The van der Waals surface area contributed by atoms with Crippen LogP contribution in [0.15, 0.2) is 58.3 Å². The SMILES string of the molecule is COc1ccc(S(=O)(=O)O)cc1S(=O)(=O)O.COc1ccccc1. The fraction of sp³-hybridized carbons (Fsp3) is 0.143. The van der Waals surface area contributed by atoms with Gasteiger partial charge in [0.1, 0.15) is 16.4 Å². The van der Waals surface area contributed by atoms with Crippen LogP contribution < -0.4 is 9.47 Å². The molecule has 0 heterocycles. The van der Waals surface area contributed by atoms with Gasteiger partial charge in [0.05, 0.1) is 19.1 Å². The fourth-order valence-corrected chi connectivity index (χ4v) is 2.84. The number of hydrogen-bond donors (Lipinski definition) is 2. The maximum atomic E-state index is 10.9. The molecule has 0 aliphatic heterocycles. The van der Waals surface area contributed by atoms with Crippen molar-refractivity contribution in [2.45, 2.75) is 9.79 Å². The lowest BCUT2D eigenvalue weighted by Gasteiger charge is -2.06. The van der Waals surface area contributed by atoms with E-state index in [1.165, 1.54) is 0 Å². The molecule has 0 fully saturated rings. The van der Waals surface area contributed by atoms with Gasteiger partial charge in [0, 0.05) is 0 Å². The Hall–Kier alpha value is -2.14. The Morgan fingerprint density at radius 3 is 1.75 bits per heavy atom. The second kappa shape index (κ2) is 8.11. The highest BCUT2D eigenvalue weighted by atomic mass is 32.2. The minimum absolute atomic E-state index is 0.227. The molecule has 2 aromatic rings. The second-order valence-corrected chi connectivity index (χ2v) is 7.09. The zero-order valence-corrected chi connectivity index (χ0v) is 14.4. The highest BCUT2D eigenvalue weighted by molar-refractivity contribution is 7.86. The average Bonchev–Trinajstić information content (AvgIpc) is 2.54. The van der Waals surface area contributed by atoms with Gasteiger partial charge in [-0.25, -0.2) is 0 Å². The summed E-state index contributed by atoms with van der Waals surface area (Å²) in [6.45, 7) is 0. The number of hydrogen-bond acceptors (Lipinski definition) is 6. The minimum Gasteiger partial charge on any atom is -0.497 e. The summed E-state index contributed by atoms with van der Waals surface area (Å²) >= 11 is 0. The van der Waals surface area contributed by atoms with Gasteiger partial charge in [-0.3, -0.25) is 9.11 Å². The molecule has 0 radical (unpaired) electrons. The predicted molar refractivity (Wildman–Crippen MR) is 85.6 cm³/mol. The molecule has 2 aromatic carbocycles. The standard InChI is InChI=1S/C7H8O7S2.C7H8O/c1-14-6-3-2-5(15(8,9)10)4-7(6)16(11,12)13;1-8-7-5-3-2-4-6-7/h2-4H,1H3,(H,8,9,10)(H,11,12,13);2-6H,1H3. The maximum Gasteiger partial charge on any atom is 0.298 e. The topological polar surface area (TPSA) is 127 Å². The van der Waals surface area contributed by atoms with E-state index < -0.39 is 30.0 Å². The molecule has 0 amide bonds. The average molecular weight is 376 g/mol. The molecule has 0 saturated carbocycles. The van der Waals surface area contributed by atoms with Gasteiger partial charge in [-0.05, 0) is 30.3 Å². The molecule has 0 aliphatic carbocycles. The van der Waals surface area contributed by atoms with E-state index in [1.807, 2.05) is 30.3 Å². The largest absolute Gasteiger partial charge is 0.497 e. The van der Waals surface area contributed by atoms with E-state index in [1.54, 1.807) is 7.11 Å². The van der Waals surface area contributed by atoms with Crippen molar-refractivity contribution in [1.82, 2.24) is 0 Å². The summed E-state index contributed by atoms with van der Waals surface area (Å²) < 4.78 is 70.3. The molecular formula is C14H16O8S2. The molecule has 0 spiro atoms. The highest BCUT2D eigenvalue weighted by Gasteiger charge is 2.20. The number of benzene rings is 2. The van der Waals surface area contributed by atoms with Gasteiger partial charge in [-0.15, -0.1) is 0 Å². The Balaban J connectivity index is 0.000000300. The quantitative estimate of drug-likeness (QED) is 0.774. The van der Waals surface area contributed by atoms with Crippen molar-refractivity contribution in [3.8, 4) is 11.5 Å². The van der Waals surface area contributed by atoms with E-state index in [0.717, 1.165) is 25.0 Å². The normalized spacial score (nSPS) is 11.2. The lowest BCUT2D eigenvalue weighted by molar-refractivity contribution is 0.396. The molecule has 0 saturated heterocycles. The van der Waals surface area contributed by atoms with Crippen LogP contribution in [0.1, 0.15) is 0 Å². The number of rotatable bonds is 4. The first-order valence-corrected chi connectivity index (χ1v) is 9.19. The smallest absolute Gasteiger partial charge is 0.298 e. The summed E-state index contributed by atoms with van der Waals surface area (Å²) in [6.07, 6.45) is 0. The zero-order chi connectivity index (χ0) is 18.4. The summed E-state index contributed by atoms with van der Waals surface area (Å²) in [4.78, 5) is -1.38. The van der Waals surface area contributed by atoms with E-state index >= 15 is 0 Å². The third kappa shape index (κ3) is 5.81. The van der Waals surface area contributed by atoms with Crippen LogP contribution in [0.25, 0.3) is 0 Å².